The maximum Gasteiger partial charge on any atom is 0.239 e. The molecular formula is C18H37N3OS. The molecule has 1 fully saturated rings. The summed E-state index contributed by atoms with van der Waals surface area (Å²) < 4.78 is 0. The lowest BCUT2D eigenvalue weighted by molar-refractivity contribution is -0.133. The normalized spacial score (nSPS) is 23.7. The van der Waals surface area contributed by atoms with Crippen LogP contribution >= 0.6 is 12.6 Å². The van der Waals surface area contributed by atoms with Gasteiger partial charge < -0.3 is 15.5 Å². The minimum Gasteiger partial charge on any atom is -0.344 e. The van der Waals surface area contributed by atoms with Crippen molar-refractivity contribution in [1.82, 2.24) is 15.5 Å². The van der Waals surface area contributed by atoms with Crippen LogP contribution in [0, 0.1) is 5.92 Å². The largest absolute Gasteiger partial charge is 0.344 e. The molecule has 0 aliphatic carbocycles. The Morgan fingerprint density at radius 3 is 2.65 bits per heavy atom. The maximum atomic E-state index is 12.8. The smallest absolute Gasteiger partial charge is 0.239 e. The molecule has 0 aromatic rings. The molecule has 0 spiro atoms. The SMILES string of the molecule is CCCCCCN(C)C(=O)[C@@H](NC[C@H]1C[C@@H](S)CN1)[C@@H](C)CC. The summed E-state index contributed by atoms with van der Waals surface area (Å²) in [5, 5.41) is 7.44. The maximum absolute atomic E-state index is 12.8. The molecule has 136 valence electrons. The van der Waals surface area contributed by atoms with Gasteiger partial charge in [-0.2, -0.15) is 12.6 Å². The third-order valence-corrected chi connectivity index (χ3v) is 5.38. The summed E-state index contributed by atoms with van der Waals surface area (Å²) in [4.78, 5) is 14.7. The molecule has 2 N–H and O–H groups in total. The number of likely N-dealkylation sites (N-methyl/N-ethyl adjacent to an activating group) is 1. The number of carbonyl (C=O) groups is 1. The van der Waals surface area contributed by atoms with E-state index >= 15 is 0 Å². The van der Waals surface area contributed by atoms with Crippen molar-refractivity contribution in [3.63, 3.8) is 0 Å². The molecule has 0 radical (unpaired) electrons. The standard InChI is InChI=1S/C18H37N3OS/c1-5-7-8-9-10-21(4)18(22)17(14(3)6-2)20-12-15-11-16(23)13-19-15/h14-17,19-20,23H,5-13H2,1-4H3/t14-,15+,16+,17-/m0/s1. The van der Waals surface area contributed by atoms with E-state index in [1.807, 2.05) is 11.9 Å². The van der Waals surface area contributed by atoms with Crippen LogP contribution in [-0.2, 0) is 4.79 Å². The van der Waals surface area contributed by atoms with Crippen molar-refractivity contribution in [2.45, 2.75) is 76.6 Å². The average molecular weight is 344 g/mol. The van der Waals surface area contributed by atoms with Gasteiger partial charge in [-0.15, -0.1) is 0 Å². The van der Waals surface area contributed by atoms with Gasteiger partial charge in [0.2, 0.25) is 5.91 Å². The second kappa shape index (κ2) is 11.3. The van der Waals surface area contributed by atoms with Crippen molar-refractivity contribution in [1.29, 1.82) is 0 Å². The van der Waals surface area contributed by atoms with Crippen molar-refractivity contribution in [2.75, 3.05) is 26.7 Å². The van der Waals surface area contributed by atoms with Crippen LogP contribution in [0.2, 0.25) is 0 Å². The van der Waals surface area contributed by atoms with E-state index in [4.69, 9.17) is 0 Å². The van der Waals surface area contributed by atoms with Crippen LogP contribution in [0.4, 0.5) is 0 Å². The molecule has 4 nitrogen and oxygen atoms in total. The molecule has 0 unspecified atom stereocenters. The van der Waals surface area contributed by atoms with E-state index in [1.54, 1.807) is 0 Å². The number of carbonyl (C=O) groups excluding carboxylic acids is 1. The van der Waals surface area contributed by atoms with Gasteiger partial charge in [0.05, 0.1) is 6.04 Å². The van der Waals surface area contributed by atoms with Gasteiger partial charge in [0.15, 0.2) is 0 Å². The predicted octanol–water partition coefficient (Wildman–Crippen LogP) is 2.69. The molecule has 23 heavy (non-hydrogen) atoms. The lowest BCUT2D eigenvalue weighted by atomic mass is 9.97. The first-order chi connectivity index (χ1) is 11.0. The Labute approximate surface area is 148 Å². The number of hydrogen-bond acceptors (Lipinski definition) is 4. The van der Waals surface area contributed by atoms with Gasteiger partial charge in [-0.3, -0.25) is 4.79 Å². The topological polar surface area (TPSA) is 44.4 Å². The van der Waals surface area contributed by atoms with E-state index in [0.29, 0.717) is 17.2 Å². The zero-order chi connectivity index (χ0) is 17.2. The van der Waals surface area contributed by atoms with Crippen LogP contribution in [-0.4, -0.2) is 54.8 Å². The molecular weight excluding hydrogens is 306 g/mol. The predicted molar refractivity (Wildman–Crippen MR) is 102 cm³/mol. The van der Waals surface area contributed by atoms with Crippen molar-refractivity contribution in [3.05, 3.63) is 0 Å². The van der Waals surface area contributed by atoms with Gasteiger partial charge >= 0.3 is 0 Å². The summed E-state index contributed by atoms with van der Waals surface area (Å²) in [5.41, 5.74) is 0. The molecule has 1 aliphatic heterocycles. The fraction of sp³-hybridized carbons (Fsp3) is 0.944. The highest BCUT2D eigenvalue weighted by Gasteiger charge is 2.28. The highest BCUT2D eigenvalue weighted by atomic mass is 32.1. The Bertz CT molecular complexity index is 340. The Morgan fingerprint density at radius 2 is 2.09 bits per heavy atom. The molecule has 1 rings (SSSR count). The number of rotatable bonds is 11. The first-order valence-corrected chi connectivity index (χ1v) is 9.91. The van der Waals surface area contributed by atoms with E-state index in [2.05, 4.69) is 44.0 Å². The number of amides is 1. The van der Waals surface area contributed by atoms with E-state index in [9.17, 15) is 4.79 Å². The zero-order valence-electron chi connectivity index (χ0n) is 15.5. The molecule has 4 atom stereocenters. The highest BCUT2D eigenvalue weighted by Crippen LogP contribution is 2.14. The van der Waals surface area contributed by atoms with Crippen LogP contribution in [0.15, 0.2) is 0 Å². The summed E-state index contributed by atoms with van der Waals surface area (Å²) in [6, 6.07) is 0.364. The molecule has 0 bridgehead atoms. The summed E-state index contributed by atoms with van der Waals surface area (Å²) in [6.45, 7) is 9.23. The third kappa shape index (κ3) is 7.44. The average Bonchev–Trinajstić information content (AvgIpc) is 2.96. The molecule has 1 saturated heterocycles. The quantitative estimate of drug-likeness (QED) is 0.399. The summed E-state index contributed by atoms with van der Waals surface area (Å²) in [5.74, 6) is 0.602. The van der Waals surface area contributed by atoms with Crippen molar-refractivity contribution in [3.8, 4) is 0 Å². The van der Waals surface area contributed by atoms with E-state index < -0.39 is 0 Å². The minimum atomic E-state index is -0.0723. The molecule has 0 aromatic heterocycles. The molecule has 1 aliphatic rings. The van der Waals surface area contributed by atoms with E-state index in [-0.39, 0.29) is 11.9 Å². The van der Waals surface area contributed by atoms with Crippen LogP contribution < -0.4 is 10.6 Å². The van der Waals surface area contributed by atoms with E-state index in [1.165, 1.54) is 19.3 Å². The number of unbranched alkanes of at least 4 members (excludes halogenated alkanes) is 3. The highest BCUT2D eigenvalue weighted by molar-refractivity contribution is 7.81. The van der Waals surface area contributed by atoms with Crippen LogP contribution in [0.25, 0.3) is 0 Å². The molecule has 0 aromatic carbocycles. The van der Waals surface area contributed by atoms with Crippen LogP contribution in [0.5, 0.6) is 0 Å². The van der Waals surface area contributed by atoms with Crippen molar-refractivity contribution in [2.24, 2.45) is 5.92 Å². The van der Waals surface area contributed by atoms with Crippen molar-refractivity contribution >= 4 is 18.5 Å². The second-order valence-electron chi connectivity index (χ2n) is 7.09. The van der Waals surface area contributed by atoms with Crippen LogP contribution in [0.1, 0.15) is 59.3 Å². The first kappa shape index (κ1) is 20.8. The molecule has 1 amide bonds. The Hall–Kier alpha value is -0.260. The number of nitrogens with one attached hydrogen (secondary N) is 2. The fourth-order valence-corrected chi connectivity index (χ4v) is 3.47. The zero-order valence-corrected chi connectivity index (χ0v) is 16.4. The number of thiol groups is 1. The fourth-order valence-electron chi connectivity index (χ4n) is 3.11. The summed E-state index contributed by atoms with van der Waals surface area (Å²) in [7, 11) is 1.95. The number of nitrogens with zero attached hydrogens (tertiary/aromatic N) is 1. The van der Waals surface area contributed by atoms with Gasteiger partial charge in [-0.25, -0.2) is 0 Å². The lowest BCUT2D eigenvalue weighted by Gasteiger charge is -2.29. The van der Waals surface area contributed by atoms with Gasteiger partial charge in [-0.1, -0.05) is 46.5 Å². The van der Waals surface area contributed by atoms with Gasteiger partial charge in [0.25, 0.3) is 0 Å². The van der Waals surface area contributed by atoms with E-state index in [0.717, 1.165) is 38.9 Å². The first-order valence-electron chi connectivity index (χ1n) is 9.39. The Morgan fingerprint density at radius 1 is 1.35 bits per heavy atom. The minimum absolute atomic E-state index is 0.0723. The monoisotopic (exact) mass is 343 g/mol. The third-order valence-electron chi connectivity index (χ3n) is 4.99. The van der Waals surface area contributed by atoms with Crippen molar-refractivity contribution < 1.29 is 4.79 Å². The summed E-state index contributed by atoms with van der Waals surface area (Å²) in [6.07, 6.45) is 6.90. The second-order valence-corrected chi connectivity index (χ2v) is 7.82. The number of hydrogen-bond donors (Lipinski definition) is 3. The van der Waals surface area contributed by atoms with Gasteiger partial charge in [0.1, 0.15) is 0 Å². The Balaban J connectivity index is 2.46. The van der Waals surface area contributed by atoms with Crippen LogP contribution in [0.3, 0.4) is 0 Å². The molecule has 5 heteroatoms. The van der Waals surface area contributed by atoms with Gasteiger partial charge in [-0.05, 0) is 18.8 Å². The molecule has 1 heterocycles. The Kier molecular flexibility index (Phi) is 10.2. The lowest BCUT2D eigenvalue weighted by Crippen LogP contribution is -2.51. The molecule has 0 saturated carbocycles. The van der Waals surface area contributed by atoms with Gasteiger partial charge in [0, 0.05) is 38.0 Å². The summed E-state index contributed by atoms with van der Waals surface area (Å²) >= 11 is 4.52.